The van der Waals surface area contributed by atoms with Crippen LogP contribution in [-0.4, -0.2) is 17.9 Å². The van der Waals surface area contributed by atoms with E-state index in [1.54, 1.807) is 0 Å². The highest BCUT2D eigenvalue weighted by molar-refractivity contribution is 5.55. The average Bonchev–Trinajstić information content (AvgIpc) is 2.94. The minimum atomic E-state index is -0.287. The number of amides is 1. The molecule has 0 N–H and O–H groups in total. The Bertz CT molecular complexity index is 510. The molecule has 19 heavy (non-hydrogen) atoms. The van der Waals surface area contributed by atoms with E-state index in [4.69, 9.17) is 0 Å². The van der Waals surface area contributed by atoms with Crippen LogP contribution in [0.25, 0.3) is 0 Å². The maximum absolute atomic E-state index is 11.5. The lowest BCUT2D eigenvalue weighted by atomic mass is 9.81. The first-order valence-electron chi connectivity index (χ1n) is 6.71. The summed E-state index contributed by atoms with van der Waals surface area (Å²) in [7, 11) is 0. The second kappa shape index (κ2) is 4.88. The molecule has 1 heterocycles. The zero-order chi connectivity index (χ0) is 13.1. The van der Waals surface area contributed by atoms with E-state index in [1.807, 2.05) is 41.3 Å². The second-order valence-electron chi connectivity index (χ2n) is 4.99. The maximum atomic E-state index is 11.5. The Morgan fingerprint density at radius 3 is 1.89 bits per heavy atom. The Balaban J connectivity index is 2.19. The molecule has 2 aromatic carbocycles. The van der Waals surface area contributed by atoms with Gasteiger partial charge in [0.05, 0.1) is 5.54 Å². The van der Waals surface area contributed by atoms with E-state index < -0.39 is 0 Å². The molecule has 1 amide bonds. The number of carbonyl (C=O) groups is 1. The van der Waals surface area contributed by atoms with Gasteiger partial charge in [-0.15, -0.1) is 0 Å². The van der Waals surface area contributed by atoms with Crippen LogP contribution in [0.2, 0.25) is 0 Å². The molecule has 1 aliphatic rings. The van der Waals surface area contributed by atoms with Crippen molar-refractivity contribution in [3.05, 3.63) is 71.8 Å². The largest absolute Gasteiger partial charge is 0.331 e. The van der Waals surface area contributed by atoms with Crippen LogP contribution in [0.3, 0.4) is 0 Å². The zero-order valence-electron chi connectivity index (χ0n) is 10.8. The summed E-state index contributed by atoms with van der Waals surface area (Å²) in [5.41, 5.74) is 2.11. The van der Waals surface area contributed by atoms with Gasteiger partial charge in [0.15, 0.2) is 0 Å². The monoisotopic (exact) mass is 251 g/mol. The highest BCUT2D eigenvalue weighted by Gasteiger charge is 2.43. The van der Waals surface area contributed by atoms with Gasteiger partial charge in [0.2, 0.25) is 6.41 Å². The summed E-state index contributed by atoms with van der Waals surface area (Å²) < 4.78 is 0. The van der Waals surface area contributed by atoms with Gasteiger partial charge in [-0.2, -0.15) is 0 Å². The van der Waals surface area contributed by atoms with Gasteiger partial charge in [-0.3, -0.25) is 4.79 Å². The Kier molecular flexibility index (Phi) is 3.08. The van der Waals surface area contributed by atoms with Crippen molar-refractivity contribution < 1.29 is 4.79 Å². The van der Waals surface area contributed by atoms with E-state index in [2.05, 4.69) is 24.3 Å². The molecule has 0 spiro atoms. The van der Waals surface area contributed by atoms with Crippen LogP contribution in [-0.2, 0) is 10.3 Å². The summed E-state index contributed by atoms with van der Waals surface area (Å²) in [5, 5.41) is 0. The molecule has 0 aromatic heterocycles. The molecule has 2 nitrogen and oxygen atoms in total. The molecule has 0 aliphatic carbocycles. The molecule has 1 fully saturated rings. The lowest BCUT2D eigenvalue weighted by molar-refractivity contribution is -0.121. The van der Waals surface area contributed by atoms with Crippen molar-refractivity contribution in [1.82, 2.24) is 4.90 Å². The number of hydrogen-bond acceptors (Lipinski definition) is 1. The SMILES string of the molecule is O=CN1CCCC1(c1ccccc1)c1ccccc1. The first-order valence-corrected chi connectivity index (χ1v) is 6.71. The van der Waals surface area contributed by atoms with Crippen molar-refractivity contribution in [2.24, 2.45) is 0 Å². The predicted molar refractivity (Wildman–Crippen MR) is 75.7 cm³/mol. The van der Waals surface area contributed by atoms with E-state index in [0.29, 0.717) is 0 Å². The summed E-state index contributed by atoms with van der Waals surface area (Å²) in [6.07, 6.45) is 3.02. The van der Waals surface area contributed by atoms with E-state index in [0.717, 1.165) is 25.8 Å². The normalized spacial score (nSPS) is 17.4. The van der Waals surface area contributed by atoms with Crippen molar-refractivity contribution >= 4 is 6.41 Å². The zero-order valence-corrected chi connectivity index (χ0v) is 10.8. The molecule has 3 rings (SSSR count). The van der Waals surface area contributed by atoms with Crippen molar-refractivity contribution in [2.45, 2.75) is 18.4 Å². The smallest absolute Gasteiger partial charge is 0.210 e. The molecule has 2 aromatic rings. The molecule has 0 atom stereocenters. The quantitative estimate of drug-likeness (QED) is 0.767. The van der Waals surface area contributed by atoms with E-state index >= 15 is 0 Å². The van der Waals surface area contributed by atoms with Crippen molar-refractivity contribution in [1.29, 1.82) is 0 Å². The predicted octanol–water partition coefficient (Wildman–Crippen LogP) is 3.18. The number of benzene rings is 2. The van der Waals surface area contributed by atoms with Gasteiger partial charge in [0.1, 0.15) is 0 Å². The highest BCUT2D eigenvalue weighted by atomic mass is 16.1. The minimum Gasteiger partial charge on any atom is -0.331 e. The van der Waals surface area contributed by atoms with Crippen LogP contribution in [0.4, 0.5) is 0 Å². The number of hydrogen-bond donors (Lipinski definition) is 0. The molecule has 0 unspecified atom stereocenters. The molecule has 0 saturated carbocycles. The van der Waals surface area contributed by atoms with Gasteiger partial charge in [0.25, 0.3) is 0 Å². The Labute approximate surface area is 113 Å². The first kappa shape index (κ1) is 12.0. The minimum absolute atomic E-state index is 0.287. The molecule has 1 aliphatic heterocycles. The molecule has 1 saturated heterocycles. The second-order valence-corrected chi connectivity index (χ2v) is 4.99. The third-order valence-corrected chi connectivity index (χ3v) is 4.06. The topological polar surface area (TPSA) is 20.3 Å². The van der Waals surface area contributed by atoms with Gasteiger partial charge < -0.3 is 4.90 Å². The third-order valence-electron chi connectivity index (χ3n) is 4.06. The van der Waals surface area contributed by atoms with Gasteiger partial charge in [-0.25, -0.2) is 0 Å². The van der Waals surface area contributed by atoms with Crippen LogP contribution in [0.1, 0.15) is 24.0 Å². The van der Waals surface area contributed by atoms with Gasteiger partial charge >= 0.3 is 0 Å². The van der Waals surface area contributed by atoms with Gasteiger partial charge in [0, 0.05) is 6.54 Å². The molecular weight excluding hydrogens is 234 g/mol. The summed E-state index contributed by atoms with van der Waals surface area (Å²) in [4.78, 5) is 13.4. The highest BCUT2D eigenvalue weighted by Crippen LogP contribution is 2.43. The fourth-order valence-electron chi connectivity index (χ4n) is 3.20. The summed E-state index contributed by atoms with van der Waals surface area (Å²) in [6.45, 7) is 0.827. The molecule has 0 radical (unpaired) electrons. The summed E-state index contributed by atoms with van der Waals surface area (Å²) in [6, 6.07) is 20.7. The number of carbonyl (C=O) groups excluding carboxylic acids is 1. The first-order chi connectivity index (χ1) is 9.38. The van der Waals surface area contributed by atoms with E-state index in [9.17, 15) is 4.79 Å². The van der Waals surface area contributed by atoms with Crippen LogP contribution >= 0.6 is 0 Å². The van der Waals surface area contributed by atoms with Crippen molar-refractivity contribution in [3.63, 3.8) is 0 Å². The van der Waals surface area contributed by atoms with Crippen molar-refractivity contribution in [3.8, 4) is 0 Å². The molecule has 96 valence electrons. The molecular formula is C17H17NO. The molecule has 0 bridgehead atoms. The number of rotatable bonds is 3. The molecule has 2 heteroatoms. The Hall–Kier alpha value is -2.09. The van der Waals surface area contributed by atoms with E-state index in [-0.39, 0.29) is 5.54 Å². The lowest BCUT2D eigenvalue weighted by Crippen LogP contribution is -2.41. The van der Waals surface area contributed by atoms with Gasteiger partial charge in [-0.05, 0) is 24.0 Å². The van der Waals surface area contributed by atoms with E-state index in [1.165, 1.54) is 11.1 Å². The van der Waals surface area contributed by atoms with Gasteiger partial charge in [-0.1, -0.05) is 60.7 Å². The average molecular weight is 251 g/mol. The Morgan fingerprint density at radius 2 is 1.42 bits per heavy atom. The summed E-state index contributed by atoms with van der Waals surface area (Å²) >= 11 is 0. The van der Waals surface area contributed by atoms with Crippen LogP contribution in [0.5, 0.6) is 0 Å². The maximum Gasteiger partial charge on any atom is 0.210 e. The lowest BCUT2D eigenvalue weighted by Gasteiger charge is -2.37. The standard InChI is InChI=1S/C17H17NO/c19-14-18-13-7-12-17(18,15-8-3-1-4-9-15)16-10-5-2-6-11-16/h1-6,8-11,14H,7,12-13H2. The summed E-state index contributed by atoms with van der Waals surface area (Å²) in [5.74, 6) is 0. The van der Waals surface area contributed by atoms with Crippen LogP contribution < -0.4 is 0 Å². The van der Waals surface area contributed by atoms with Crippen LogP contribution in [0.15, 0.2) is 60.7 Å². The third kappa shape index (κ3) is 1.84. The number of nitrogens with zero attached hydrogens (tertiary/aromatic N) is 1. The fourth-order valence-corrected chi connectivity index (χ4v) is 3.20. The van der Waals surface area contributed by atoms with Crippen LogP contribution in [0, 0.1) is 0 Å². The Morgan fingerprint density at radius 1 is 0.895 bits per heavy atom. The number of likely N-dealkylation sites (tertiary alicyclic amines) is 1. The van der Waals surface area contributed by atoms with Crippen molar-refractivity contribution in [2.75, 3.05) is 6.54 Å². The fraction of sp³-hybridized carbons (Fsp3) is 0.235.